The summed E-state index contributed by atoms with van der Waals surface area (Å²) in [6.45, 7) is 2.86. The monoisotopic (exact) mass is 353 g/mol. The van der Waals surface area contributed by atoms with E-state index in [2.05, 4.69) is 15.3 Å². The fourth-order valence-corrected chi connectivity index (χ4v) is 5.04. The minimum atomic E-state index is -3.36. The summed E-state index contributed by atoms with van der Waals surface area (Å²) in [7, 11) is -1.76. The molecular formula is C15H23N5O3S. The molecule has 2 saturated heterocycles. The number of nitrogens with one attached hydrogen (secondary N) is 1. The van der Waals surface area contributed by atoms with Crippen molar-refractivity contribution in [2.24, 2.45) is 5.41 Å². The number of carbonyl (C=O) groups is 1. The van der Waals surface area contributed by atoms with Gasteiger partial charge in [-0.15, -0.1) is 0 Å². The summed E-state index contributed by atoms with van der Waals surface area (Å²) in [6.07, 6.45) is 4.78. The quantitative estimate of drug-likeness (QED) is 0.808. The highest BCUT2D eigenvalue weighted by molar-refractivity contribution is 7.89. The number of rotatable bonds is 4. The molecule has 0 aliphatic carbocycles. The van der Waals surface area contributed by atoms with Crippen LogP contribution in [0.4, 0.5) is 5.95 Å². The second kappa shape index (κ2) is 6.29. The molecule has 132 valence electrons. The lowest BCUT2D eigenvalue weighted by molar-refractivity contribution is -0.131. The smallest absolute Gasteiger partial charge is 0.229 e. The molecule has 0 radical (unpaired) electrons. The van der Waals surface area contributed by atoms with Crippen LogP contribution >= 0.6 is 0 Å². The Kier molecular flexibility index (Phi) is 4.48. The molecular weight excluding hydrogens is 330 g/mol. The average molecular weight is 353 g/mol. The van der Waals surface area contributed by atoms with E-state index in [-0.39, 0.29) is 24.2 Å². The van der Waals surface area contributed by atoms with Crippen LogP contribution in [0.1, 0.15) is 19.8 Å². The Balaban J connectivity index is 2.02. The van der Waals surface area contributed by atoms with Gasteiger partial charge in [0, 0.05) is 39.1 Å². The molecule has 9 heteroatoms. The predicted octanol–water partition coefficient (Wildman–Crippen LogP) is -0.157. The third-order valence-corrected chi connectivity index (χ3v) is 6.91. The molecule has 3 heterocycles. The van der Waals surface area contributed by atoms with Gasteiger partial charge in [-0.2, -0.15) is 4.31 Å². The van der Waals surface area contributed by atoms with Crippen LogP contribution in [0.3, 0.4) is 0 Å². The number of nitrogens with zero attached hydrogens (tertiary/aromatic N) is 4. The van der Waals surface area contributed by atoms with Crippen LogP contribution in [-0.4, -0.2) is 67.1 Å². The van der Waals surface area contributed by atoms with Gasteiger partial charge in [-0.1, -0.05) is 0 Å². The lowest BCUT2D eigenvalue weighted by Gasteiger charge is -2.44. The van der Waals surface area contributed by atoms with Gasteiger partial charge in [0.15, 0.2) is 0 Å². The van der Waals surface area contributed by atoms with Gasteiger partial charge in [0.1, 0.15) is 0 Å². The highest BCUT2D eigenvalue weighted by Gasteiger charge is 2.58. The van der Waals surface area contributed by atoms with E-state index < -0.39 is 15.4 Å². The van der Waals surface area contributed by atoms with E-state index in [4.69, 9.17) is 0 Å². The zero-order valence-corrected chi connectivity index (χ0v) is 14.8. The van der Waals surface area contributed by atoms with Gasteiger partial charge in [-0.3, -0.25) is 4.79 Å². The van der Waals surface area contributed by atoms with Crippen molar-refractivity contribution >= 4 is 21.9 Å². The maximum atomic E-state index is 12.7. The number of carbonyl (C=O) groups excluding carboxylic acids is 1. The first kappa shape index (κ1) is 17.1. The molecule has 3 rings (SSSR count). The molecule has 1 amide bonds. The molecule has 2 aliphatic rings. The van der Waals surface area contributed by atoms with E-state index in [0.29, 0.717) is 25.5 Å². The Morgan fingerprint density at radius 2 is 2.12 bits per heavy atom. The van der Waals surface area contributed by atoms with Crippen molar-refractivity contribution in [3.05, 3.63) is 18.5 Å². The fourth-order valence-electron chi connectivity index (χ4n) is 3.87. The number of aromatic nitrogens is 2. The molecule has 0 saturated carbocycles. The molecule has 2 fully saturated rings. The fraction of sp³-hybridized carbons (Fsp3) is 0.667. The predicted molar refractivity (Wildman–Crippen MR) is 89.9 cm³/mol. The van der Waals surface area contributed by atoms with Crippen LogP contribution in [0.15, 0.2) is 18.5 Å². The normalized spacial score (nSPS) is 27.8. The largest absolute Gasteiger partial charge is 0.359 e. The molecule has 24 heavy (non-hydrogen) atoms. The molecule has 8 nitrogen and oxygen atoms in total. The van der Waals surface area contributed by atoms with Gasteiger partial charge >= 0.3 is 0 Å². The van der Waals surface area contributed by atoms with Crippen LogP contribution < -0.4 is 10.2 Å². The summed E-state index contributed by atoms with van der Waals surface area (Å²) < 4.78 is 26.2. The number of hydrogen-bond acceptors (Lipinski definition) is 6. The molecule has 1 N–H and O–H groups in total. The Morgan fingerprint density at radius 3 is 2.75 bits per heavy atom. The third kappa shape index (κ3) is 2.65. The standard InChI is InChI=1S/C15H23N5O3S/c1-3-24(22,23)19-10-12-15(11-19,13(21)16-2)6-4-9-20(12)14-17-7-5-8-18-14/h5,7-8,12H,3-4,6,9-11H2,1-2H3,(H,16,21)/t12-,15-/m1/s1. The Hall–Kier alpha value is -1.74. The summed E-state index contributed by atoms with van der Waals surface area (Å²) in [5, 5.41) is 2.73. The van der Waals surface area contributed by atoms with Crippen molar-refractivity contribution in [3.8, 4) is 0 Å². The van der Waals surface area contributed by atoms with Crippen molar-refractivity contribution in [2.45, 2.75) is 25.8 Å². The number of piperidine rings is 1. The SMILES string of the molecule is CCS(=O)(=O)N1C[C@H]2N(c3ncccn3)CCC[C@@]2(C(=O)NC)C1. The lowest BCUT2D eigenvalue weighted by atomic mass is 9.74. The topological polar surface area (TPSA) is 95.5 Å². The molecule has 1 aromatic rings. The maximum absolute atomic E-state index is 12.7. The summed E-state index contributed by atoms with van der Waals surface area (Å²) in [5.74, 6) is 0.471. The number of hydrogen-bond donors (Lipinski definition) is 1. The molecule has 2 atom stereocenters. The molecule has 0 aromatic carbocycles. The van der Waals surface area contributed by atoms with Gasteiger partial charge in [-0.05, 0) is 25.8 Å². The molecule has 0 spiro atoms. The van der Waals surface area contributed by atoms with Crippen molar-refractivity contribution in [2.75, 3.05) is 37.3 Å². The Labute approximate surface area is 142 Å². The zero-order valence-electron chi connectivity index (χ0n) is 14.0. The van der Waals surface area contributed by atoms with Crippen LogP contribution in [0.2, 0.25) is 0 Å². The zero-order chi connectivity index (χ0) is 17.4. The third-order valence-electron chi connectivity index (χ3n) is 5.12. The number of anilines is 1. The van der Waals surface area contributed by atoms with E-state index >= 15 is 0 Å². The highest BCUT2D eigenvalue weighted by atomic mass is 32.2. The molecule has 1 aromatic heterocycles. The van der Waals surface area contributed by atoms with E-state index in [1.165, 1.54) is 4.31 Å². The summed E-state index contributed by atoms with van der Waals surface area (Å²) >= 11 is 0. The average Bonchev–Trinajstić information content (AvgIpc) is 3.03. The second-order valence-electron chi connectivity index (χ2n) is 6.29. The maximum Gasteiger partial charge on any atom is 0.229 e. The summed E-state index contributed by atoms with van der Waals surface area (Å²) in [6, 6.07) is 1.48. The first-order valence-electron chi connectivity index (χ1n) is 8.18. The van der Waals surface area contributed by atoms with E-state index in [0.717, 1.165) is 6.42 Å². The van der Waals surface area contributed by atoms with Crippen LogP contribution in [0.25, 0.3) is 0 Å². The summed E-state index contributed by atoms with van der Waals surface area (Å²) in [4.78, 5) is 23.3. The van der Waals surface area contributed by atoms with Crippen molar-refractivity contribution in [1.29, 1.82) is 0 Å². The number of amides is 1. The van der Waals surface area contributed by atoms with Crippen molar-refractivity contribution in [3.63, 3.8) is 0 Å². The molecule has 0 unspecified atom stereocenters. The van der Waals surface area contributed by atoms with Gasteiger partial charge < -0.3 is 10.2 Å². The minimum Gasteiger partial charge on any atom is -0.359 e. The van der Waals surface area contributed by atoms with Crippen LogP contribution in [-0.2, 0) is 14.8 Å². The van der Waals surface area contributed by atoms with Gasteiger partial charge in [0.2, 0.25) is 21.9 Å². The Bertz CT molecular complexity index is 711. The molecule has 2 aliphatic heterocycles. The van der Waals surface area contributed by atoms with E-state index in [9.17, 15) is 13.2 Å². The van der Waals surface area contributed by atoms with Crippen molar-refractivity contribution < 1.29 is 13.2 Å². The first-order chi connectivity index (χ1) is 11.4. The number of sulfonamides is 1. The summed E-state index contributed by atoms with van der Waals surface area (Å²) in [5.41, 5.74) is -0.756. The van der Waals surface area contributed by atoms with E-state index in [1.54, 1.807) is 32.4 Å². The van der Waals surface area contributed by atoms with Crippen LogP contribution in [0, 0.1) is 5.41 Å². The van der Waals surface area contributed by atoms with Gasteiger partial charge in [0.25, 0.3) is 0 Å². The highest BCUT2D eigenvalue weighted by Crippen LogP contribution is 2.44. The minimum absolute atomic E-state index is 0.0331. The van der Waals surface area contributed by atoms with E-state index in [1.807, 2.05) is 4.90 Å². The Morgan fingerprint density at radius 1 is 1.42 bits per heavy atom. The molecule has 0 bridgehead atoms. The second-order valence-corrected chi connectivity index (χ2v) is 8.55. The lowest BCUT2D eigenvalue weighted by Crippen LogP contribution is -2.58. The first-order valence-corrected chi connectivity index (χ1v) is 9.79. The van der Waals surface area contributed by atoms with Crippen molar-refractivity contribution in [1.82, 2.24) is 19.6 Å². The number of fused-ring (bicyclic) bond motifs is 1. The van der Waals surface area contributed by atoms with Gasteiger partial charge in [-0.25, -0.2) is 18.4 Å². The van der Waals surface area contributed by atoms with Gasteiger partial charge in [0.05, 0.1) is 17.2 Å². The van der Waals surface area contributed by atoms with Crippen LogP contribution in [0.5, 0.6) is 0 Å².